The van der Waals surface area contributed by atoms with Gasteiger partial charge in [-0.1, -0.05) is 67.2 Å². The Labute approximate surface area is 169 Å². The first kappa shape index (κ1) is 23.0. The van der Waals surface area contributed by atoms with Crippen LogP contribution in [-0.2, 0) is 6.42 Å². The summed E-state index contributed by atoms with van der Waals surface area (Å²) < 4.78 is 10.1. The number of benzene rings is 2. The molecule has 3 nitrogen and oxygen atoms in total. The van der Waals surface area contributed by atoms with E-state index >= 15 is 0 Å². The first-order valence-electron chi connectivity index (χ1n) is 9.43. The lowest BCUT2D eigenvalue weighted by molar-refractivity contribution is 0.414. The summed E-state index contributed by atoms with van der Waals surface area (Å²) in [4.78, 5) is 0. The fourth-order valence-electron chi connectivity index (χ4n) is 2.39. The fraction of sp³-hybridized carbons (Fsp3) is 0.240. The van der Waals surface area contributed by atoms with Gasteiger partial charge < -0.3 is 9.26 Å². The van der Waals surface area contributed by atoms with E-state index < -0.39 is 0 Å². The molecule has 0 aliphatic rings. The number of ether oxygens (including phenoxy) is 1. The lowest BCUT2D eigenvalue weighted by Gasteiger charge is -2.00. The van der Waals surface area contributed by atoms with Crippen molar-refractivity contribution in [1.29, 1.82) is 0 Å². The molecule has 148 valence electrons. The lowest BCUT2D eigenvalue weighted by Crippen LogP contribution is -1.84. The van der Waals surface area contributed by atoms with E-state index in [1.165, 1.54) is 5.56 Å². The third-order valence-electron chi connectivity index (χ3n) is 3.86. The minimum Gasteiger partial charge on any atom is -0.497 e. The molecule has 0 atom stereocenters. The molecule has 3 heteroatoms. The second kappa shape index (κ2) is 13.2. The van der Waals surface area contributed by atoms with Crippen molar-refractivity contribution in [3.63, 3.8) is 0 Å². The number of aromatic nitrogens is 1. The first-order valence-corrected chi connectivity index (χ1v) is 9.43. The predicted octanol–water partition coefficient (Wildman–Crippen LogP) is 7.09. The quantitative estimate of drug-likeness (QED) is 0.455. The van der Waals surface area contributed by atoms with Crippen molar-refractivity contribution in [3.8, 4) is 5.75 Å². The molecule has 1 heterocycles. The van der Waals surface area contributed by atoms with Crippen molar-refractivity contribution >= 4 is 11.0 Å². The highest BCUT2D eigenvalue weighted by molar-refractivity contribution is 5.78. The summed E-state index contributed by atoms with van der Waals surface area (Å²) in [6, 6.07) is 16.0. The molecule has 0 N–H and O–H groups in total. The zero-order chi connectivity index (χ0) is 20.8. The molecule has 2 aromatic carbocycles. The molecule has 0 fully saturated rings. The number of aryl methyl sites for hydroxylation is 2. The Bertz CT molecular complexity index is 870. The van der Waals surface area contributed by atoms with E-state index in [-0.39, 0.29) is 0 Å². The summed E-state index contributed by atoms with van der Waals surface area (Å²) in [5.74, 6) is 0.944. The molecule has 28 heavy (non-hydrogen) atoms. The lowest BCUT2D eigenvalue weighted by atomic mass is 10.2. The van der Waals surface area contributed by atoms with Gasteiger partial charge in [-0.15, -0.1) is 0 Å². The molecule has 0 saturated heterocycles. The Morgan fingerprint density at radius 3 is 2.32 bits per heavy atom. The maximum atomic E-state index is 5.06. The number of hydrogen-bond acceptors (Lipinski definition) is 3. The van der Waals surface area contributed by atoms with Crippen LogP contribution in [-0.4, -0.2) is 12.3 Å². The number of nitrogens with zero attached hydrogens (tertiary/aromatic N) is 1. The van der Waals surface area contributed by atoms with Gasteiger partial charge in [-0.2, -0.15) is 0 Å². The zero-order valence-electron chi connectivity index (χ0n) is 17.6. The molecular weight excluding hydrogens is 346 g/mol. The Hall–Kier alpha value is -3.07. The second-order valence-electron chi connectivity index (χ2n) is 6.04. The molecule has 0 bridgehead atoms. The van der Waals surface area contributed by atoms with E-state index in [1.54, 1.807) is 7.11 Å². The molecule has 0 aliphatic heterocycles. The maximum Gasteiger partial charge on any atom is 0.167 e. The van der Waals surface area contributed by atoms with Crippen molar-refractivity contribution in [3.05, 3.63) is 96.2 Å². The maximum absolute atomic E-state index is 5.06. The summed E-state index contributed by atoms with van der Waals surface area (Å²) in [6.07, 6.45) is 8.96. The molecule has 1 aromatic heterocycles. The van der Waals surface area contributed by atoms with Gasteiger partial charge in [-0.3, -0.25) is 0 Å². The zero-order valence-corrected chi connectivity index (χ0v) is 17.6. The number of allylic oxidation sites excluding steroid dienone is 5. The van der Waals surface area contributed by atoms with Gasteiger partial charge in [0.1, 0.15) is 5.75 Å². The van der Waals surface area contributed by atoms with Gasteiger partial charge in [0.15, 0.2) is 5.58 Å². The van der Waals surface area contributed by atoms with Crippen LogP contribution in [0.15, 0.2) is 89.5 Å². The number of fused-ring (bicyclic) bond motifs is 1. The van der Waals surface area contributed by atoms with E-state index in [0.29, 0.717) is 0 Å². The van der Waals surface area contributed by atoms with Crippen LogP contribution < -0.4 is 4.74 Å². The van der Waals surface area contributed by atoms with Crippen molar-refractivity contribution in [2.75, 3.05) is 7.11 Å². The summed E-state index contributed by atoms with van der Waals surface area (Å²) >= 11 is 0. The van der Waals surface area contributed by atoms with Crippen molar-refractivity contribution in [2.24, 2.45) is 0 Å². The Kier molecular flexibility index (Phi) is 10.8. The number of hydrogen-bond donors (Lipinski definition) is 0. The minimum atomic E-state index is 0.861. The SMILES string of the molecule is C=C(/C=C\C)/C=C\C.CCc1cccc(OC)c1.Cc1noc2ccccc12. The molecule has 0 saturated carbocycles. The van der Waals surface area contributed by atoms with E-state index in [2.05, 4.69) is 30.8 Å². The third kappa shape index (κ3) is 8.09. The van der Waals surface area contributed by atoms with E-state index in [0.717, 1.165) is 34.4 Å². The summed E-state index contributed by atoms with van der Waals surface area (Å²) in [5.41, 5.74) is 4.19. The van der Waals surface area contributed by atoms with E-state index in [9.17, 15) is 0 Å². The Balaban J connectivity index is 0.000000212. The van der Waals surface area contributed by atoms with Gasteiger partial charge in [0.25, 0.3) is 0 Å². The van der Waals surface area contributed by atoms with E-state index in [1.807, 2.05) is 81.5 Å². The van der Waals surface area contributed by atoms with Crippen LogP contribution in [0, 0.1) is 6.92 Å². The predicted molar refractivity (Wildman–Crippen MR) is 120 cm³/mol. The highest BCUT2D eigenvalue weighted by Crippen LogP contribution is 2.15. The second-order valence-corrected chi connectivity index (χ2v) is 6.04. The van der Waals surface area contributed by atoms with Crippen LogP contribution in [0.3, 0.4) is 0 Å². The highest BCUT2D eigenvalue weighted by Gasteiger charge is 1.99. The molecule has 0 spiro atoms. The molecule has 0 radical (unpaired) electrons. The van der Waals surface area contributed by atoms with Crippen LogP contribution in [0.1, 0.15) is 32.0 Å². The summed E-state index contributed by atoms with van der Waals surface area (Å²) in [5, 5.41) is 4.92. The summed E-state index contributed by atoms with van der Waals surface area (Å²) in [6.45, 7) is 11.8. The molecular formula is C25H31NO2. The molecule has 0 unspecified atom stereocenters. The normalized spacial score (nSPS) is 10.3. The Morgan fingerprint density at radius 1 is 1.07 bits per heavy atom. The van der Waals surface area contributed by atoms with Gasteiger partial charge >= 0.3 is 0 Å². The fourth-order valence-corrected chi connectivity index (χ4v) is 2.39. The number of rotatable bonds is 4. The van der Waals surface area contributed by atoms with Crippen LogP contribution in [0.5, 0.6) is 5.75 Å². The van der Waals surface area contributed by atoms with Gasteiger partial charge in [0.05, 0.1) is 12.8 Å². The molecule has 0 aliphatic carbocycles. The van der Waals surface area contributed by atoms with E-state index in [4.69, 9.17) is 9.26 Å². The van der Waals surface area contributed by atoms with Crippen LogP contribution in [0.4, 0.5) is 0 Å². The van der Waals surface area contributed by atoms with Gasteiger partial charge in [0.2, 0.25) is 0 Å². The van der Waals surface area contributed by atoms with Crippen molar-refractivity contribution in [2.45, 2.75) is 34.1 Å². The highest BCUT2D eigenvalue weighted by atomic mass is 16.5. The molecule has 0 amide bonds. The van der Waals surface area contributed by atoms with Crippen LogP contribution in [0.25, 0.3) is 11.0 Å². The average Bonchev–Trinajstić information content (AvgIpc) is 3.11. The minimum absolute atomic E-state index is 0.861. The summed E-state index contributed by atoms with van der Waals surface area (Å²) in [7, 11) is 1.69. The Morgan fingerprint density at radius 2 is 1.75 bits per heavy atom. The third-order valence-corrected chi connectivity index (χ3v) is 3.86. The topological polar surface area (TPSA) is 35.3 Å². The number of methoxy groups -OCH3 is 1. The van der Waals surface area contributed by atoms with Crippen LogP contribution in [0.2, 0.25) is 0 Å². The average molecular weight is 378 g/mol. The largest absolute Gasteiger partial charge is 0.497 e. The van der Waals surface area contributed by atoms with Crippen molar-refractivity contribution < 1.29 is 9.26 Å². The smallest absolute Gasteiger partial charge is 0.167 e. The molecule has 3 aromatic rings. The van der Waals surface area contributed by atoms with Gasteiger partial charge in [0, 0.05) is 5.39 Å². The molecule has 3 rings (SSSR count). The first-order chi connectivity index (χ1) is 13.5. The van der Waals surface area contributed by atoms with Gasteiger partial charge in [-0.05, 0) is 62.6 Å². The number of para-hydroxylation sites is 1. The van der Waals surface area contributed by atoms with Crippen LogP contribution >= 0.6 is 0 Å². The monoisotopic (exact) mass is 377 g/mol. The van der Waals surface area contributed by atoms with Gasteiger partial charge in [-0.25, -0.2) is 0 Å². The standard InChI is InChI=1S/C9H12O.C8H7NO.C8H12/c1-3-8-5-4-6-9(7-8)10-2;1-6-7-4-2-3-5-8(7)10-9-6;1-4-6-8(3)7-5-2/h4-7H,3H2,1-2H3;2-5H,1H3;4-7H,3H2,1-2H3/b;;6-4-,7-5-. The van der Waals surface area contributed by atoms with Crippen molar-refractivity contribution in [1.82, 2.24) is 5.16 Å².